The second-order valence-electron chi connectivity index (χ2n) is 4.39. The molecule has 0 spiro atoms. The molecule has 0 unspecified atom stereocenters. The number of ether oxygens (including phenoxy) is 1. The second kappa shape index (κ2) is 6.48. The van der Waals surface area contributed by atoms with Crippen LogP contribution in [0.2, 0.25) is 5.02 Å². The monoisotopic (exact) mass is 275 g/mol. The minimum Gasteiger partial charge on any atom is -0.494 e. The molecule has 2 aromatic rings. The molecular formula is C16H18ClNO. The van der Waals surface area contributed by atoms with Crippen LogP contribution in [-0.2, 0) is 6.54 Å². The molecule has 0 bridgehead atoms. The van der Waals surface area contributed by atoms with E-state index in [0.29, 0.717) is 6.61 Å². The molecule has 2 rings (SSSR count). The van der Waals surface area contributed by atoms with Gasteiger partial charge in [-0.1, -0.05) is 23.7 Å². The van der Waals surface area contributed by atoms with Crippen LogP contribution in [-0.4, -0.2) is 6.61 Å². The predicted octanol–water partition coefficient (Wildman–Crippen LogP) is 4.66. The van der Waals surface area contributed by atoms with Crippen molar-refractivity contribution in [1.29, 1.82) is 0 Å². The molecule has 2 nitrogen and oxygen atoms in total. The summed E-state index contributed by atoms with van der Waals surface area (Å²) in [4.78, 5) is 0. The van der Waals surface area contributed by atoms with Crippen LogP contribution in [0.1, 0.15) is 18.1 Å². The molecule has 0 radical (unpaired) electrons. The van der Waals surface area contributed by atoms with Crippen LogP contribution in [0.4, 0.5) is 5.69 Å². The number of aryl methyl sites for hydroxylation is 1. The highest BCUT2D eigenvalue weighted by Crippen LogP contribution is 2.19. The normalized spacial score (nSPS) is 10.3. The van der Waals surface area contributed by atoms with Crippen LogP contribution >= 0.6 is 11.6 Å². The number of halogens is 1. The van der Waals surface area contributed by atoms with Crippen LogP contribution < -0.4 is 10.1 Å². The molecule has 19 heavy (non-hydrogen) atoms. The molecule has 100 valence electrons. The Bertz CT molecular complexity index is 537. The zero-order valence-electron chi connectivity index (χ0n) is 11.2. The van der Waals surface area contributed by atoms with Crippen LogP contribution in [0.5, 0.6) is 5.75 Å². The molecule has 0 saturated heterocycles. The summed E-state index contributed by atoms with van der Waals surface area (Å²) in [6.07, 6.45) is 0. The highest BCUT2D eigenvalue weighted by Gasteiger charge is 1.99. The molecule has 0 heterocycles. The summed E-state index contributed by atoms with van der Waals surface area (Å²) in [5.74, 6) is 0.895. The van der Waals surface area contributed by atoms with Crippen LogP contribution in [0.15, 0.2) is 42.5 Å². The van der Waals surface area contributed by atoms with Crippen LogP contribution in [0, 0.1) is 6.92 Å². The Balaban J connectivity index is 1.96. The standard InChI is InChI=1S/C16H18ClNO/c1-3-19-15-8-6-14(7-9-15)18-11-13-5-4-12(2)16(17)10-13/h4-10,18H,3,11H2,1-2H3. The van der Waals surface area contributed by atoms with Crippen LogP contribution in [0.25, 0.3) is 0 Å². The average molecular weight is 276 g/mol. The molecule has 1 N–H and O–H groups in total. The van der Waals surface area contributed by atoms with Gasteiger partial charge >= 0.3 is 0 Å². The first-order valence-electron chi connectivity index (χ1n) is 6.41. The van der Waals surface area contributed by atoms with Gasteiger partial charge in [0.1, 0.15) is 5.75 Å². The van der Waals surface area contributed by atoms with Gasteiger partial charge in [-0.05, 0) is 55.3 Å². The first kappa shape index (κ1) is 13.8. The Morgan fingerprint density at radius 3 is 2.47 bits per heavy atom. The summed E-state index contributed by atoms with van der Waals surface area (Å²) in [6, 6.07) is 14.1. The lowest BCUT2D eigenvalue weighted by Gasteiger charge is -2.09. The summed E-state index contributed by atoms with van der Waals surface area (Å²) < 4.78 is 5.41. The van der Waals surface area contributed by atoms with Gasteiger partial charge in [-0.25, -0.2) is 0 Å². The lowest BCUT2D eigenvalue weighted by molar-refractivity contribution is 0.340. The largest absolute Gasteiger partial charge is 0.494 e. The van der Waals surface area contributed by atoms with Gasteiger partial charge < -0.3 is 10.1 Å². The SMILES string of the molecule is CCOc1ccc(NCc2ccc(C)c(Cl)c2)cc1. The van der Waals surface area contributed by atoms with E-state index in [1.54, 1.807) is 0 Å². The Morgan fingerprint density at radius 1 is 1.11 bits per heavy atom. The van der Waals surface area contributed by atoms with Crippen molar-refractivity contribution >= 4 is 17.3 Å². The Labute approximate surface area is 119 Å². The molecule has 2 aromatic carbocycles. The van der Waals surface area contributed by atoms with Gasteiger partial charge in [-0.2, -0.15) is 0 Å². The Hall–Kier alpha value is -1.67. The zero-order chi connectivity index (χ0) is 13.7. The molecule has 0 aliphatic carbocycles. The molecule has 0 amide bonds. The van der Waals surface area contributed by atoms with Gasteiger partial charge in [-0.3, -0.25) is 0 Å². The van der Waals surface area contributed by atoms with E-state index in [0.717, 1.165) is 28.6 Å². The van der Waals surface area contributed by atoms with Crippen molar-refractivity contribution in [2.45, 2.75) is 20.4 Å². The first-order valence-corrected chi connectivity index (χ1v) is 6.78. The summed E-state index contributed by atoms with van der Waals surface area (Å²) >= 11 is 6.11. The molecule has 0 aliphatic heterocycles. The highest BCUT2D eigenvalue weighted by atomic mass is 35.5. The van der Waals surface area contributed by atoms with Gasteiger partial charge in [-0.15, -0.1) is 0 Å². The van der Waals surface area contributed by atoms with E-state index in [9.17, 15) is 0 Å². The van der Waals surface area contributed by atoms with Gasteiger partial charge in [0.05, 0.1) is 6.61 Å². The number of hydrogen-bond donors (Lipinski definition) is 1. The minimum atomic E-state index is 0.689. The number of anilines is 1. The third-order valence-electron chi connectivity index (χ3n) is 2.90. The maximum Gasteiger partial charge on any atom is 0.119 e. The fourth-order valence-electron chi connectivity index (χ4n) is 1.79. The zero-order valence-corrected chi connectivity index (χ0v) is 12.0. The molecular weight excluding hydrogens is 258 g/mol. The lowest BCUT2D eigenvalue weighted by Crippen LogP contribution is -1.99. The van der Waals surface area contributed by atoms with Crippen molar-refractivity contribution in [2.24, 2.45) is 0 Å². The summed E-state index contributed by atoms with van der Waals surface area (Å²) in [7, 11) is 0. The van der Waals surface area contributed by atoms with Crippen LogP contribution in [0.3, 0.4) is 0 Å². The lowest BCUT2D eigenvalue weighted by atomic mass is 10.1. The molecule has 0 fully saturated rings. The Kier molecular flexibility index (Phi) is 4.69. The number of nitrogens with one attached hydrogen (secondary N) is 1. The van der Waals surface area contributed by atoms with Crippen molar-refractivity contribution in [3.63, 3.8) is 0 Å². The average Bonchev–Trinajstić information content (AvgIpc) is 2.42. The predicted molar refractivity (Wildman–Crippen MR) is 81.1 cm³/mol. The van der Waals surface area contributed by atoms with E-state index in [1.165, 1.54) is 5.56 Å². The summed E-state index contributed by atoms with van der Waals surface area (Å²) in [5, 5.41) is 4.17. The molecule has 3 heteroatoms. The van der Waals surface area contributed by atoms with Crippen molar-refractivity contribution in [2.75, 3.05) is 11.9 Å². The number of rotatable bonds is 5. The third-order valence-corrected chi connectivity index (χ3v) is 3.31. The second-order valence-corrected chi connectivity index (χ2v) is 4.80. The van der Waals surface area contributed by atoms with Crippen molar-refractivity contribution in [1.82, 2.24) is 0 Å². The molecule has 0 atom stereocenters. The topological polar surface area (TPSA) is 21.3 Å². The van der Waals surface area contributed by atoms with E-state index in [4.69, 9.17) is 16.3 Å². The number of hydrogen-bond acceptors (Lipinski definition) is 2. The maximum atomic E-state index is 6.11. The summed E-state index contributed by atoms with van der Waals surface area (Å²) in [5.41, 5.74) is 3.34. The van der Waals surface area contributed by atoms with E-state index in [-0.39, 0.29) is 0 Å². The van der Waals surface area contributed by atoms with E-state index >= 15 is 0 Å². The maximum absolute atomic E-state index is 6.11. The van der Waals surface area contributed by atoms with Gasteiger partial charge in [0.2, 0.25) is 0 Å². The highest BCUT2D eigenvalue weighted by molar-refractivity contribution is 6.31. The Morgan fingerprint density at radius 2 is 1.84 bits per heavy atom. The third kappa shape index (κ3) is 3.90. The fourth-order valence-corrected chi connectivity index (χ4v) is 1.99. The van der Waals surface area contributed by atoms with Crippen molar-refractivity contribution < 1.29 is 4.74 Å². The summed E-state index contributed by atoms with van der Waals surface area (Å²) in [6.45, 7) is 5.43. The van der Waals surface area contributed by atoms with Crippen molar-refractivity contribution in [3.8, 4) is 5.75 Å². The molecule has 0 aliphatic rings. The van der Waals surface area contributed by atoms with Crippen molar-refractivity contribution in [3.05, 3.63) is 58.6 Å². The van der Waals surface area contributed by atoms with Gasteiger partial charge in [0.15, 0.2) is 0 Å². The quantitative estimate of drug-likeness (QED) is 0.857. The number of benzene rings is 2. The van der Waals surface area contributed by atoms with Gasteiger partial charge in [0.25, 0.3) is 0 Å². The van der Waals surface area contributed by atoms with Gasteiger partial charge in [0, 0.05) is 17.3 Å². The molecule has 0 aromatic heterocycles. The molecule has 0 saturated carbocycles. The fraction of sp³-hybridized carbons (Fsp3) is 0.250. The van der Waals surface area contributed by atoms with E-state index in [1.807, 2.05) is 50.2 Å². The minimum absolute atomic E-state index is 0.689. The smallest absolute Gasteiger partial charge is 0.119 e. The van der Waals surface area contributed by atoms with E-state index in [2.05, 4.69) is 11.4 Å². The first-order chi connectivity index (χ1) is 9.19. The van der Waals surface area contributed by atoms with E-state index < -0.39 is 0 Å².